The lowest BCUT2D eigenvalue weighted by Crippen LogP contribution is -1.89. The van der Waals surface area contributed by atoms with Crippen LogP contribution in [0.3, 0.4) is 0 Å². The van der Waals surface area contributed by atoms with Crippen molar-refractivity contribution in [3.63, 3.8) is 0 Å². The first-order valence-electron chi connectivity index (χ1n) is 4.37. The highest BCUT2D eigenvalue weighted by atomic mass is 32.1. The maximum atomic E-state index is 5.34. The fourth-order valence-corrected chi connectivity index (χ4v) is 2.49. The van der Waals surface area contributed by atoms with Gasteiger partial charge >= 0.3 is 0 Å². The van der Waals surface area contributed by atoms with Crippen LogP contribution in [0.5, 0.6) is 11.5 Å². The van der Waals surface area contributed by atoms with Gasteiger partial charge in [-0.25, -0.2) is 0 Å². The molecule has 0 unspecified atom stereocenters. The molecular weight excluding hydrogens is 196 g/mol. The van der Waals surface area contributed by atoms with Crippen molar-refractivity contribution in [1.29, 1.82) is 0 Å². The summed E-state index contributed by atoms with van der Waals surface area (Å²) in [6.45, 7) is 2.09. The maximum Gasteiger partial charge on any atom is 0.169 e. The van der Waals surface area contributed by atoms with Gasteiger partial charge in [-0.1, -0.05) is 0 Å². The summed E-state index contributed by atoms with van der Waals surface area (Å²) in [5.74, 6) is 1.62. The van der Waals surface area contributed by atoms with E-state index >= 15 is 0 Å². The Morgan fingerprint density at radius 2 is 1.93 bits per heavy atom. The van der Waals surface area contributed by atoms with Crippen LogP contribution < -0.4 is 9.47 Å². The van der Waals surface area contributed by atoms with Crippen molar-refractivity contribution in [3.8, 4) is 11.5 Å². The van der Waals surface area contributed by atoms with Gasteiger partial charge < -0.3 is 9.47 Å². The van der Waals surface area contributed by atoms with Crippen molar-refractivity contribution in [2.75, 3.05) is 14.2 Å². The second-order valence-corrected chi connectivity index (χ2v) is 4.36. The molecule has 14 heavy (non-hydrogen) atoms. The molecule has 1 aromatic carbocycles. The molecule has 3 heteroatoms. The Balaban J connectivity index is 2.75. The molecule has 0 aliphatic carbocycles. The van der Waals surface area contributed by atoms with Crippen molar-refractivity contribution in [2.45, 2.75) is 6.92 Å². The van der Waals surface area contributed by atoms with Gasteiger partial charge in [-0.05, 0) is 25.1 Å². The Kier molecular flexibility index (Phi) is 2.33. The molecule has 0 amide bonds. The first-order valence-corrected chi connectivity index (χ1v) is 5.19. The third kappa shape index (κ3) is 1.34. The van der Waals surface area contributed by atoms with Crippen molar-refractivity contribution < 1.29 is 9.47 Å². The van der Waals surface area contributed by atoms with Crippen LogP contribution in [0.1, 0.15) is 4.88 Å². The average molecular weight is 208 g/mol. The summed E-state index contributed by atoms with van der Waals surface area (Å²) >= 11 is 1.77. The number of rotatable bonds is 2. The molecule has 0 aliphatic rings. The van der Waals surface area contributed by atoms with Gasteiger partial charge in [-0.3, -0.25) is 0 Å². The van der Waals surface area contributed by atoms with Crippen LogP contribution in [0.4, 0.5) is 0 Å². The molecule has 0 saturated carbocycles. The smallest absolute Gasteiger partial charge is 0.169 e. The normalized spacial score (nSPS) is 10.5. The molecule has 0 spiro atoms. The Morgan fingerprint density at radius 3 is 2.57 bits per heavy atom. The van der Waals surface area contributed by atoms with Crippen molar-refractivity contribution in [2.24, 2.45) is 0 Å². The Morgan fingerprint density at radius 1 is 1.14 bits per heavy atom. The maximum absolute atomic E-state index is 5.34. The van der Waals surface area contributed by atoms with Crippen molar-refractivity contribution >= 4 is 21.4 Å². The zero-order valence-corrected chi connectivity index (χ0v) is 9.27. The summed E-state index contributed by atoms with van der Waals surface area (Å²) in [6.07, 6.45) is 0. The molecule has 1 aromatic heterocycles. The average Bonchev–Trinajstić information content (AvgIpc) is 2.56. The van der Waals surface area contributed by atoms with Gasteiger partial charge in [0.25, 0.3) is 0 Å². The molecule has 0 saturated heterocycles. The minimum atomic E-state index is 0.790. The molecular formula is C11H12O2S. The van der Waals surface area contributed by atoms with E-state index in [0.717, 1.165) is 16.9 Å². The largest absolute Gasteiger partial charge is 0.493 e. The summed E-state index contributed by atoms with van der Waals surface area (Å²) in [7, 11) is 3.33. The van der Waals surface area contributed by atoms with Crippen LogP contribution in [-0.2, 0) is 0 Å². The number of aryl methyl sites for hydroxylation is 1. The van der Waals surface area contributed by atoms with Gasteiger partial charge in [-0.2, -0.15) is 0 Å². The van der Waals surface area contributed by atoms with Crippen LogP contribution in [0.2, 0.25) is 0 Å². The van der Waals surface area contributed by atoms with E-state index in [2.05, 4.69) is 19.1 Å². The van der Waals surface area contributed by atoms with E-state index < -0.39 is 0 Å². The van der Waals surface area contributed by atoms with Crippen molar-refractivity contribution in [1.82, 2.24) is 0 Å². The molecule has 2 rings (SSSR count). The van der Waals surface area contributed by atoms with Gasteiger partial charge in [0, 0.05) is 15.0 Å². The van der Waals surface area contributed by atoms with Gasteiger partial charge in [0.2, 0.25) is 0 Å². The highest BCUT2D eigenvalue weighted by molar-refractivity contribution is 7.19. The summed E-state index contributed by atoms with van der Waals surface area (Å²) in [5, 5.41) is 1.13. The number of ether oxygens (including phenoxy) is 2. The predicted molar refractivity (Wildman–Crippen MR) is 59.7 cm³/mol. The minimum Gasteiger partial charge on any atom is -0.493 e. The molecule has 1 heterocycles. The zero-order valence-electron chi connectivity index (χ0n) is 8.46. The molecule has 0 atom stereocenters. The highest BCUT2D eigenvalue weighted by Crippen LogP contribution is 2.39. The molecule has 0 aliphatic heterocycles. The van der Waals surface area contributed by atoms with Crippen LogP contribution in [-0.4, -0.2) is 14.2 Å². The first-order chi connectivity index (χ1) is 6.76. The van der Waals surface area contributed by atoms with E-state index in [4.69, 9.17) is 9.47 Å². The number of hydrogen-bond acceptors (Lipinski definition) is 3. The summed E-state index contributed by atoms with van der Waals surface area (Å²) in [5.41, 5.74) is 0. The number of thiophene rings is 1. The standard InChI is InChI=1S/C11H12O2S/c1-7-6-8-10(14-7)5-4-9(12-2)11(8)13-3/h4-6H,1-3H3. The van der Waals surface area contributed by atoms with Crippen LogP contribution >= 0.6 is 11.3 Å². The quantitative estimate of drug-likeness (QED) is 0.754. The van der Waals surface area contributed by atoms with E-state index in [1.807, 2.05) is 6.07 Å². The van der Waals surface area contributed by atoms with Gasteiger partial charge in [0.15, 0.2) is 11.5 Å². The summed E-state index contributed by atoms with van der Waals surface area (Å²) in [4.78, 5) is 1.28. The lowest BCUT2D eigenvalue weighted by molar-refractivity contribution is 0.358. The van der Waals surface area contributed by atoms with E-state index in [1.165, 1.54) is 9.58 Å². The number of benzene rings is 1. The lowest BCUT2D eigenvalue weighted by atomic mass is 10.2. The van der Waals surface area contributed by atoms with E-state index in [9.17, 15) is 0 Å². The molecule has 2 nitrogen and oxygen atoms in total. The minimum absolute atomic E-state index is 0.790. The molecule has 0 fully saturated rings. The monoisotopic (exact) mass is 208 g/mol. The number of hydrogen-bond donors (Lipinski definition) is 0. The number of methoxy groups -OCH3 is 2. The topological polar surface area (TPSA) is 18.5 Å². The lowest BCUT2D eigenvalue weighted by Gasteiger charge is -2.07. The fourth-order valence-electron chi connectivity index (χ4n) is 1.56. The molecule has 2 aromatic rings. The molecule has 0 bridgehead atoms. The van der Waals surface area contributed by atoms with Crippen LogP contribution in [0, 0.1) is 6.92 Å². The van der Waals surface area contributed by atoms with Crippen molar-refractivity contribution in [3.05, 3.63) is 23.1 Å². The van der Waals surface area contributed by atoms with E-state index in [0.29, 0.717) is 0 Å². The second-order valence-electron chi connectivity index (χ2n) is 3.07. The Bertz CT molecular complexity index is 460. The van der Waals surface area contributed by atoms with Gasteiger partial charge in [0.05, 0.1) is 14.2 Å². The van der Waals surface area contributed by atoms with Gasteiger partial charge in [-0.15, -0.1) is 11.3 Å². The predicted octanol–water partition coefficient (Wildman–Crippen LogP) is 3.23. The van der Waals surface area contributed by atoms with Crippen LogP contribution in [0.15, 0.2) is 18.2 Å². The molecule has 74 valence electrons. The number of fused-ring (bicyclic) bond motifs is 1. The Labute approximate surface area is 87.1 Å². The zero-order chi connectivity index (χ0) is 10.1. The van der Waals surface area contributed by atoms with Crippen LogP contribution in [0.25, 0.3) is 10.1 Å². The SMILES string of the molecule is COc1ccc2sc(C)cc2c1OC. The third-order valence-corrected chi connectivity index (χ3v) is 3.18. The highest BCUT2D eigenvalue weighted by Gasteiger charge is 2.10. The second kappa shape index (κ2) is 3.50. The molecule has 0 radical (unpaired) electrons. The molecule has 0 N–H and O–H groups in total. The first kappa shape index (κ1) is 9.34. The summed E-state index contributed by atoms with van der Waals surface area (Å²) in [6, 6.07) is 6.13. The Hall–Kier alpha value is -1.22. The van der Waals surface area contributed by atoms with E-state index in [1.54, 1.807) is 25.6 Å². The summed E-state index contributed by atoms with van der Waals surface area (Å²) < 4.78 is 11.8. The van der Waals surface area contributed by atoms with Gasteiger partial charge in [0.1, 0.15) is 0 Å². The third-order valence-electron chi connectivity index (χ3n) is 2.16. The fraction of sp³-hybridized carbons (Fsp3) is 0.273. The van der Waals surface area contributed by atoms with E-state index in [-0.39, 0.29) is 0 Å².